The summed E-state index contributed by atoms with van der Waals surface area (Å²) in [4.78, 5) is 0.968. The van der Waals surface area contributed by atoms with Crippen molar-refractivity contribution in [3.05, 3.63) is 29.8 Å². The highest BCUT2D eigenvalue weighted by molar-refractivity contribution is 7.84. The smallest absolute Gasteiger partial charge is 0.0500 e. The van der Waals surface area contributed by atoms with Gasteiger partial charge in [0.05, 0.1) is 10.8 Å². The summed E-state index contributed by atoms with van der Waals surface area (Å²) in [6.07, 6.45) is 2.67. The van der Waals surface area contributed by atoms with Crippen LogP contribution in [0.3, 0.4) is 0 Å². The monoisotopic (exact) mass is 168 g/mol. The molecule has 0 spiro atoms. The van der Waals surface area contributed by atoms with E-state index in [4.69, 9.17) is 0 Å². The van der Waals surface area contributed by atoms with Gasteiger partial charge in [-0.1, -0.05) is 25.1 Å². The molecule has 2 heteroatoms. The first-order valence-electron chi connectivity index (χ1n) is 3.67. The molecule has 0 heterocycles. The molecule has 0 amide bonds. The zero-order valence-corrected chi connectivity index (χ0v) is 7.65. The Bertz CT molecular complexity index is 268. The molecule has 11 heavy (non-hydrogen) atoms. The van der Waals surface area contributed by atoms with Gasteiger partial charge in [0, 0.05) is 11.2 Å². The van der Waals surface area contributed by atoms with E-state index in [0.29, 0.717) is 0 Å². The van der Waals surface area contributed by atoms with Crippen molar-refractivity contribution in [2.24, 2.45) is 0 Å². The second-order valence-electron chi connectivity index (χ2n) is 2.42. The van der Waals surface area contributed by atoms with E-state index in [9.17, 15) is 4.21 Å². The number of benzene rings is 1. The average molecular weight is 168 g/mol. The Morgan fingerprint density at radius 3 is 2.45 bits per heavy atom. The van der Waals surface area contributed by atoms with Gasteiger partial charge in [0.25, 0.3) is 0 Å². The molecule has 0 radical (unpaired) electrons. The van der Waals surface area contributed by atoms with E-state index < -0.39 is 10.8 Å². The lowest BCUT2D eigenvalue weighted by Crippen LogP contribution is -1.93. The predicted molar refractivity (Wildman–Crippen MR) is 48.2 cm³/mol. The lowest BCUT2D eigenvalue weighted by Gasteiger charge is -2.02. The first-order chi connectivity index (χ1) is 5.25. The van der Waals surface area contributed by atoms with E-state index >= 15 is 0 Å². The van der Waals surface area contributed by atoms with Crippen LogP contribution >= 0.6 is 0 Å². The summed E-state index contributed by atoms with van der Waals surface area (Å²) in [5, 5.41) is 0. The van der Waals surface area contributed by atoms with E-state index in [1.165, 1.54) is 5.56 Å². The van der Waals surface area contributed by atoms with Crippen LogP contribution in [-0.2, 0) is 17.2 Å². The normalized spacial score (nSPS) is 12.9. The molecule has 1 rings (SSSR count). The van der Waals surface area contributed by atoms with Gasteiger partial charge >= 0.3 is 0 Å². The quantitative estimate of drug-likeness (QED) is 0.660. The summed E-state index contributed by atoms with van der Waals surface area (Å²) in [6.45, 7) is 2.08. The maximum absolute atomic E-state index is 11.1. The van der Waals surface area contributed by atoms with E-state index in [1.54, 1.807) is 6.26 Å². The fourth-order valence-electron chi connectivity index (χ4n) is 1.08. The summed E-state index contributed by atoms with van der Waals surface area (Å²) in [6, 6.07) is 7.86. The van der Waals surface area contributed by atoms with Crippen molar-refractivity contribution in [1.29, 1.82) is 0 Å². The van der Waals surface area contributed by atoms with Gasteiger partial charge in [0.15, 0.2) is 0 Å². The molecule has 1 aromatic carbocycles. The largest absolute Gasteiger partial charge is 0.255 e. The van der Waals surface area contributed by atoms with Crippen LogP contribution in [0.5, 0.6) is 0 Å². The Kier molecular flexibility index (Phi) is 2.83. The Labute approximate surface area is 69.9 Å². The molecule has 0 aliphatic heterocycles. The molecule has 0 bridgehead atoms. The van der Waals surface area contributed by atoms with Crippen LogP contribution in [0.25, 0.3) is 0 Å². The summed E-state index contributed by atoms with van der Waals surface area (Å²) in [7, 11) is -0.840. The summed E-state index contributed by atoms with van der Waals surface area (Å²) >= 11 is 0. The van der Waals surface area contributed by atoms with E-state index in [2.05, 4.69) is 6.92 Å². The zero-order valence-electron chi connectivity index (χ0n) is 6.83. The van der Waals surface area contributed by atoms with Gasteiger partial charge in [0.1, 0.15) is 0 Å². The van der Waals surface area contributed by atoms with Crippen LogP contribution in [0.15, 0.2) is 29.2 Å². The zero-order chi connectivity index (χ0) is 8.27. The second kappa shape index (κ2) is 3.67. The first-order valence-corrected chi connectivity index (χ1v) is 5.23. The van der Waals surface area contributed by atoms with Crippen LogP contribution in [0.2, 0.25) is 0 Å². The van der Waals surface area contributed by atoms with Gasteiger partial charge in [-0.05, 0) is 18.1 Å². The Hall–Kier alpha value is -0.630. The van der Waals surface area contributed by atoms with E-state index in [-0.39, 0.29) is 0 Å². The van der Waals surface area contributed by atoms with Crippen molar-refractivity contribution >= 4 is 10.8 Å². The molecule has 0 N–H and O–H groups in total. The number of aryl methyl sites for hydroxylation is 1. The third-order valence-corrected chi connectivity index (χ3v) is 2.68. The van der Waals surface area contributed by atoms with Gasteiger partial charge in [-0.3, -0.25) is 4.21 Å². The summed E-state index contributed by atoms with van der Waals surface area (Å²) < 4.78 is 11.1. The molecule has 1 unspecified atom stereocenters. The molecular weight excluding hydrogens is 156 g/mol. The van der Waals surface area contributed by atoms with Crippen molar-refractivity contribution < 1.29 is 4.21 Å². The highest BCUT2D eigenvalue weighted by Crippen LogP contribution is 2.12. The molecule has 0 fully saturated rings. The van der Waals surface area contributed by atoms with E-state index in [1.807, 2.05) is 24.3 Å². The standard InChI is InChI=1S/C9H12OS/c1-3-8-6-4-5-7-9(8)11(2)10/h4-7H,3H2,1-2H3. The minimum Gasteiger partial charge on any atom is -0.255 e. The highest BCUT2D eigenvalue weighted by Gasteiger charge is 2.01. The maximum Gasteiger partial charge on any atom is 0.0500 e. The first kappa shape index (κ1) is 8.47. The van der Waals surface area contributed by atoms with Crippen LogP contribution in [0.4, 0.5) is 0 Å². The van der Waals surface area contributed by atoms with Gasteiger partial charge < -0.3 is 0 Å². The lowest BCUT2D eigenvalue weighted by atomic mass is 10.2. The fourth-order valence-corrected chi connectivity index (χ4v) is 1.93. The van der Waals surface area contributed by atoms with Crippen LogP contribution in [0.1, 0.15) is 12.5 Å². The van der Waals surface area contributed by atoms with Crippen molar-refractivity contribution in [1.82, 2.24) is 0 Å². The third kappa shape index (κ3) is 1.90. The Morgan fingerprint density at radius 2 is 2.00 bits per heavy atom. The van der Waals surface area contributed by atoms with Crippen molar-refractivity contribution in [2.75, 3.05) is 6.26 Å². The molecule has 0 saturated carbocycles. The molecule has 60 valence electrons. The molecule has 0 aliphatic rings. The van der Waals surface area contributed by atoms with Crippen molar-refractivity contribution in [3.63, 3.8) is 0 Å². The average Bonchev–Trinajstić information content (AvgIpc) is 2.04. The fraction of sp³-hybridized carbons (Fsp3) is 0.333. The van der Waals surface area contributed by atoms with Crippen LogP contribution in [-0.4, -0.2) is 10.5 Å². The molecule has 1 atom stereocenters. The number of hydrogen-bond acceptors (Lipinski definition) is 1. The molecule has 1 nitrogen and oxygen atoms in total. The second-order valence-corrected chi connectivity index (χ2v) is 3.76. The van der Waals surface area contributed by atoms with Gasteiger partial charge in [-0.2, -0.15) is 0 Å². The van der Waals surface area contributed by atoms with Gasteiger partial charge in [-0.25, -0.2) is 0 Å². The summed E-state index contributed by atoms with van der Waals surface area (Å²) in [5.41, 5.74) is 1.19. The predicted octanol–water partition coefficient (Wildman–Crippen LogP) is 1.99. The molecule has 1 aromatic rings. The van der Waals surface area contributed by atoms with Crippen molar-refractivity contribution in [3.8, 4) is 0 Å². The van der Waals surface area contributed by atoms with Gasteiger partial charge in [-0.15, -0.1) is 0 Å². The Morgan fingerprint density at radius 1 is 1.36 bits per heavy atom. The highest BCUT2D eigenvalue weighted by atomic mass is 32.2. The summed E-state index contributed by atoms with van der Waals surface area (Å²) in [5.74, 6) is 0. The number of hydrogen-bond donors (Lipinski definition) is 0. The van der Waals surface area contributed by atoms with E-state index in [0.717, 1.165) is 11.3 Å². The molecule has 0 aliphatic carbocycles. The van der Waals surface area contributed by atoms with Gasteiger partial charge in [0.2, 0.25) is 0 Å². The van der Waals surface area contributed by atoms with Crippen LogP contribution in [0, 0.1) is 0 Å². The Balaban J connectivity index is 3.12. The van der Waals surface area contributed by atoms with Crippen molar-refractivity contribution in [2.45, 2.75) is 18.2 Å². The SMILES string of the molecule is CCc1ccccc1S(C)=O. The molecule has 0 saturated heterocycles. The number of rotatable bonds is 2. The topological polar surface area (TPSA) is 17.1 Å². The lowest BCUT2D eigenvalue weighted by molar-refractivity contribution is 0.686. The van der Waals surface area contributed by atoms with Crippen LogP contribution < -0.4 is 0 Å². The molecular formula is C9H12OS. The third-order valence-electron chi connectivity index (χ3n) is 1.66. The maximum atomic E-state index is 11.1. The molecule has 0 aromatic heterocycles. The minimum absolute atomic E-state index is 0.840. The minimum atomic E-state index is -0.840.